The van der Waals surface area contributed by atoms with Crippen LogP contribution in [0, 0.1) is 0 Å². The van der Waals surface area contributed by atoms with E-state index in [0.29, 0.717) is 12.4 Å². The van der Waals surface area contributed by atoms with Crippen LogP contribution in [0.15, 0.2) is 23.2 Å². The number of rotatable bonds is 8. The number of aromatic nitrogens is 1. The summed E-state index contributed by atoms with van der Waals surface area (Å²) in [5.41, 5.74) is 0. The van der Waals surface area contributed by atoms with E-state index in [9.17, 15) is 16.8 Å². The predicted octanol–water partition coefficient (Wildman–Crippen LogP) is -0.317. The van der Waals surface area contributed by atoms with E-state index in [0.717, 1.165) is 4.31 Å². The molecule has 0 saturated carbocycles. The summed E-state index contributed by atoms with van der Waals surface area (Å²) in [4.78, 5) is 3.96. The van der Waals surface area contributed by atoms with Crippen molar-refractivity contribution in [2.45, 2.75) is 11.8 Å². The molecular weight excluding hydrogens is 316 g/mol. The molecule has 0 spiro atoms. The van der Waals surface area contributed by atoms with Gasteiger partial charge in [-0.05, 0) is 19.1 Å². The lowest BCUT2D eigenvalue weighted by Gasteiger charge is -2.12. The van der Waals surface area contributed by atoms with Crippen molar-refractivity contribution in [2.75, 3.05) is 38.3 Å². The second kappa shape index (κ2) is 7.16. The smallest absolute Gasteiger partial charge is 0.242 e. The van der Waals surface area contributed by atoms with Crippen molar-refractivity contribution in [3.8, 4) is 0 Å². The van der Waals surface area contributed by atoms with Gasteiger partial charge in [0.1, 0.15) is 10.7 Å². The Morgan fingerprint density at radius 1 is 1.19 bits per heavy atom. The SMILES string of the molecule is CCNc1ccc(S(=O)(=O)NCCS(=O)(=O)N(C)C)cn1. The lowest BCUT2D eigenvalue weighted by Crippen LogP contribution is -2.34. The molecule has 0 amide bonds. The van der Waals surface area contributed by atoms with Gasteiger partial charge in [0.2, 0.25) is 20.0 Å². The molecule has 0 fully saturated rings. The minimum atomic E-state index is -3.76. The van der Waals surface area contributed by atoms with E-state index in [1.165, 1.54) is 26.4 Å². The van der Waals surface area contributed by atoms with Gasteiger partial charge in [0, 0.05) is 33.4 Å². The zero-order valence-corrected chi connectivity index (χ0v) is 13.8. The molecular formula is C11H20N4O4S2. The van der Waals surface area contributed by atoms with E-state index < -0.39 is 20.0 Å². The molecule has 0 aliphatic rings. The van der Waals surface area contributed by atoms with E-state index >= 15 is 0 Å². The van der Waals surface area contributed by atoms with Gasteiger partial charge >= 0.3 is 0 Å². The summed E-state index contributed by atoms with van der Waals surface area (Å²) in [5.74, 6) is 0.272. The number of nitrogens with one attached hydrogen (secondary N) is 2. The molecule has 0 aliphatic heterocycles. The first-order valence-electron chi connectivity index (χ1n) is 6.29. The molecule has 0 radical (unpaired) electrons. The summed E-state index contributed by atoms with van der Waals surface area (Å²) in [6, 6.07) is 2.96. The van der Waals surface area contributed by atoms with E-state index in [4.69, 9.17) is 0 Å². The number of hydrogen-bond donors (Lipinski definition) is 2. The predicted molar refractivity (Wildman–Crippen MR) is 81.1 cm³/mol. The molecule has 0 saturated heterocycles. The minimum Gasteiger partial charge on any atom is -0.370 e. The normalized spacial score (nSPS) is 12.6. The molecule has 21 heavy (non-hydrogen) atoms. The molecule has 1 aromatic heterocycles. The number of pyridine rings is 1. The van der Waals surface area contributed by atoms with Gasteiger partial charge in [0.25, 0.3) is 0 Å². The Kier molecular flexibility index (Phi) is 6.08. The molecule has 0 bridgehead atoms. The molecule has 1 aromatic rings. The summed E-state index contributed by atoms with van der Waals surface area (Å²) < 4.78 is 50.3. The summed E-state index contributed by atoms with van der Waals surface area (Å²) in [5, 5.41) is 2.95. The lowest BCUT2D eigenvalue weighted by atomic mass is 10.4. The van der Waals surface area contributed by atoms with Crippen molar-refractivity contribution in [3.05, 3.63) is 18.3 Å². The summed E-state index contributed by atoms with van der Waals surface area (Å²) >= 11 is 0. The third-order valence-corrected chi connectivity index (χ3v) is 5.89. The number of hydrogen-bond acceptors (Lipinski definition) is 6. The Bertz CT molecular complexity index is 654. The maximum Gasteiger partial charge on any atom is 0.242 e. The molecule has 0 unspecified atom stereocenters. The number of nitrogens with zero attached hydrogens (tertiary/aromatic N) is 2. The zero-order valence-electron chi connectivity index (χ0n) is 12.2. The zero-order chi connectivity index (χ0) is 16.1. The molecule has 8 nitrogen and oxygen atoms in total. The highest BCUT2D eigenvalue weighted by Crippen LogP contribution is 2.10. The molecule has 1 rings (SSSR count). The van der Waals surface area contributed by atoms with Crippen LogP contribution in [0.2, 0.25) is 0 Å². The van der Waals surface area contributed by atoms with Crippen LogP contribution in [0.1, 0.15) is 6.92 Å². The van der Waals surface area contributed by atoms with E-state index in [-0.39, 0.29) is 17.2 Å². The fourth-order valence-electron chi connectivity index (χ4n) is 1.40. The molecule has 10 heteroatoms. The van der Waals surface area contributed by atoms with Crippen LogP contribution in [-0.2, 0) is 20.0 Å². The second-order valence-electron chi connectivity index (χ2n) is 4.41. The van der Waals surface area contributed by atoms with Crippen molar-refractivity contribution in [1.29, 1.82) is 0 Å². The first-order chi connectivity index (χ1) is 9.69. The summed E-state index contributed by atoms with van der Waals surface area (Å²) in [7, 11) is -4.41. The summed E-state index contributed by atoms with van der Waals surface area (Å²) in [6.07, 6.45) is 1.22. The molecule has 0 atom stereocenters. The van der Waals surface area contributed by atoms with Crippen molar-refractivity contribution < 1.29 is 16.8 Å². The lowest BCUT2D eigenvalue weighted by molar-refractivity contribution is 0.519. The third kappa shape index (κ3) is 5.23. The Balaban J connectivity index is 2.69. The average Bonchev–Trinajstić information content (AvgIpc) is 2.39. The van der Waals surface area contributed by atoms with Crippen molar-refractivity contribution >= 4 is 25.9 Å². The van der Waals surface area contributed by atoms with Crippen LogP contribution < -0.4 is 10.0 Å². The van der Waals surface area contributed by atoms with Crippen LogP contribution in [0.4, 0.5) is 5.82 Å². The Labute approximate surface area is 125 Å². The molecule has 120 valence electrons. The van der Waals surface area contributed by atoms with Crippen LogP contribution in [0.25, 0.3) is 0 Å². The fourth-order valence-corrected chi connectivity index (χ4v) is 3.23. The van der Waals surface area contributed by atoms with Gasteiger partial charge in [-0.2, -0.15) is 0 Å². The van der Waals surface area contributed by atoms with Gasteiger partial charge < -0.3 is 5.32 Å². The van der Waals surface area contributed by atoms with Crippen molar-refractivity contribution in [3.63, 3.8) is 0 Å². The standard InChI is InChI=1S/C11H20N4O4S2/c1-4-12-11-6-5-10(9-13-11)21(18,19)14-7-8-20(16,17)15(2)3/h5-6,9,14H,4,7-8H2,1-3H3,(H,12,13). The van der Waals surface area contributed by atoms with Crippen LogP contribution >= 0.6 is 0 Å². The van der Waals surface area contributed by atoms with Gasteiger partial charge in [-0.3, -0.25) is 0 Å². The maximum atomic E-state index is 12.0. The van der Waals surface area contributed by atoms with Gasteiger partial charge in [0.15, 0.2) is 0 Å². The van der Waals surface area contributed by atoms with E-state index in [1.54, 1.807) is 6.07 Å². The highest BCUT2D eigenvalue weighted by molar-refractivity contribution is 7.90. The summed E-state index contributed by atoms with van der Waals surface area (Å²) in [6.45, 7) is 2.39. The highest BCUT2D eigenvalue weighted by atomic mass is 32.2. The van der Waals surface area contributed by atoms with E-state index in [2.05, 4.69) is 15.0 Å². The Hall–Kier alpha value is -1.23. The first kappa shape index (κ1) is 17.8. The van der Waals surface area contributed by atoms with E-state index in [1.807, 2.05) is 6.92 Å². The largest absolute Gasteiger partial charge is 0.370 e. The minimum absolute atomic E-state index is 0.00796. The van der Waals surface area contributed by atoms with Gasteiger partial charge in [-0.25, -0.2) is 30.8 Å². The average molecular weight is 336 g/mol. The molecule has 1 heterocycles. The van der Waals surface area contributed by atoms with Crippen molar-refractivity contribution in [1.82, 2.24) is 14.0 Å². The monoisotopic (exact) mass is 336 g/mol. The van der Waals surface area contributed by atoms with Gasteiger partial charge in [-0.15, -0.1) is 0 Å². The second-order valence-corrected chi connectivity index (χ2v) is 8.47. The topological polar surface area (TPSA) is 108 Å². The molecule has 0 aromatic carbocycles. The molecule has 2 N–H and O–H groups in total. The van der Waals surface area contributed by atoms with Crippen LogP contribution in [0.3, 0.4) is 0 Å². The fraction of sp³-hybridized carbons (Fsp3) is 0.545. The number of anilines is 1. The Morgan fingerprint density at radius 3 is 2.33 bits per heavy atom. The maximum absolute atomic E-state index is 12.0. The quantitative estimate of drug-likeness (QED) is 0.674. The first-order valence-corrected chi connectivity index (χ1v) is 9.38. The van der Waals surface area contributed by atoms with Gasteiger partial charge in [-0.1, -0.05) is 0 Å². The number of sulfonamides is 2. The van der Waals surface area contributed by atoms with Crippen molar-refractivity contribution in [2.24, 2.45) is 0 Å². The highest BCUT2D eigenvalue weighted by Gasteiger charge is 2.18. The third-order valence-electron chi connectivity index (χ3n) is 2.61. The van der Waals surface area contributed by atoms with Gasteiger partial charge in [0.05, 0.1) is 5.75 Å². The Morgan fingerprint density at radius 2 is 1.86 bits per heavy atom. The van der Waals surface area contributed by atoms with Crippen LogP contribution in [-0.4, -0.2) is 59.1 Å². The van der Waals surface area contributed by atoms with Crippen LogP contribution in [0.5, 0.6) is 0 Å². The molecule has 0 aliphatic carbocycles.